The van der Waals surface area contributed by atoms with Crippen molar-refractivity contribution in [3.63, 3.8) is 0 Å². The lowest BCUT2D eigenvalue weighted by Crippen LogP contribution is -2.00. The van der Waals surface area contributed by atoms with Gasteiger partial charge in [-0.1, -0.05) is 15.9 Å². The van der Waals surface area contributed by atoms with E-state index in [0.29, 0.717) is 20.6 Å². The van der Waals surface area contributed by atoms with Crippen LogP contribution in [0.5, 0.6) is 0 Å². The van der Waals surface area contributed by atoms with E-state index in [1.807, 2.05) is 0 Å². The molecule has 0 saturated heterocycles. The van der Waals surface area contributed by atoms with E-state index >= 15 is 0 Å². The molecule has 1 aromatic carbocycles. The van der Waals surface area contributed by atoms with Crippen molar-refractivity contribution < 1.29 is 13.9 Å². The van der Waals surface area contributed by atoms with Gasteiger partial charge in [-0.15, -0.1) is 11.3 Å². The standard InChI is InChI=1S/C12H9BrFNO2S/c1-17-12(16)11-9(15)5-10(18-11)7-3-2-6(13)4-8(7)14/h2-5H,15H2,1H3. The van der Waals surface area contributed by atoms with E-state index in [1.54, 1.807) is 18.2 Å². The van der Waals surface area contributed by atoms with E-state index in [-0.39, 0.29) is 10.7 Å². The highest BCUT2D eigenvalue weighted by molar-refractivity contribution is 9.10. The molecule has 2 aromatic rings. The number of rotatable bonds is 2. The summed E-state index contributed by atoms with van der Waals surface area (Å²) in [6, 6.07) is 6.30. The Balaban J connectivity index is 2.49. The third-order valence-corrected chi connectivity index (χ3v) is 3.99. The van der Waals surface area contributed by atoms with Crippen LogP contribution in [-0.4, -0.2) is 13.1 Å². The number of benzene rings is 1. The zero-order chi connectivity index (χ0) is 13.3. The Kier molecular flexibility index (Phi) is 3.68. The molecule has 0 atom stereocenters. The van der Waals surface area contributed by atoms with E-state index in [0.717, 1.165) is 11.3 Å². The number of anilines is 1. The Hall–Kier alpha value is -1.40. The summed E-state index contributed by atoms with van der Waals surface area (Å²) < 4.78 is 19.0. The number of thiophene rings is 1. The number of halogens is 2. The predicted molar refractivity (Wildman–Crippen MR) is 73.2 cm³/mol. The fourth-order valence-corrected chi connectivity index (χ4v) is 2.84. The molecule has 0 aliphatic rings. The Morgan fingerprint density at radius 3 is 2.78 bits per heavy atom. The first-order chi connectivity index (χ1) is 8.52. The smallest absolute Gasteiger partial charge is 0.350 e. The van der Waals surface area contributed by atoms with Gasteiger partial charge >= 0.3 is 5.97 Å². The minimum Gasteiger partial charge on any atom is -0.465 e. The summed E-state index contributed by atoms with van der Waals surface area (Å²) in [6.45, 7) is 0. The second kappa shape index (κ2) is 5.07. The van der Waals surface area contributed by atoms with Gasteiger partial charge in [0, 0.05) is 14.9 Å². The van der Waals surface area contributed by atoms with E-state index in [4.69, 9.17) is 5.73 Å². The SMILES string of the molecule is COC(=O)c1sc(-c2ccc(Br)cc2F)cc1N. The summed E-state index contributed by atoms with van der Waals surface area (Å²) in [5.41, 5.74) is 6.42. The normalized spacial score (nSPS) is 10.4. The third kappa shape index (κ3) is 2.39. The number of esters is 1. The highest BCUT2D eigenvalue weighted by atomic mass is 79.9. The quantitative estimate of drug-likeness (QED) is 0.855. The van der Waals surface area contributed by atoms with Gasteiger partial charge in [-0.25, -0.2) is 9.18 Å². The molecule has 0 saturated carbocycles. The van der Waals surface area contributed by atoms with Gasteiger partial charge in [0.1, 0.15) is 10.7 Å². The molecule has 0 radical (unpaired) electrons. The molecular formula is C12H9BrFNO2S. The number of carbonyl (C=O) groups excluding carboxylic acids is 1. The molecule has 0 spiro atoms. The third-order valence-electron chi connectivity index (χ3n) is 2.33. The summed E-state index contributed by atoms with van der Waals surface area (Å²) in [4.78, 5) is 12.3. The molecule has 0 aliphatic heterocycles. The number of methoxy groups -OCH3 is 1. The van der Waals surface area contributed by atoms with Crippen molar-refractivity contribution in [1.82, 2.24) is 0 Å². The molecule has 0 unspecified atom stereocenters. The van der Waals surface area contributed by atoms with Crippen LogP contribution in [0.15, 0.2) is 28.7 Å². The van der Waals surface area contributed by atoms with Gasteiger partial charge < -0.3 is 10.5 Å². The zero-order valence-electron chi connectivity index (χ0n) is 9.37. The highest BCUT2D eigenvalue weighted by Gasteiger charge is 2.17. The van der Waals surface area contributed by atoms with Crippen LogP contribution in [0.4, 0.5) is 10.1 Å². The van der Waals surface area contributed by atoms with Crippen LogP contribution >= 0.6 is 27.3 Å². The molecule has 18 heavy (non-hydrogen) atoms. The van der Waals surface area contributed by atoms with Crippen molar-refractivity contribution in [1.29, 1.82) is 0 Å². The largest absolute Gasteiger partial charge is 0.465 e. The van der Waals surface area contributed by atoms with Gasteiger partial charge in [0.15, 0.2) is 0 Å². The predicted octanol–water partition coefficient (Wildman–Crippen LogP) is 3.69. The molecule has 94 valence electrons. The first-order valence-electron chi connectivity index (χ1n) is 4.96. The van der Waals surface area contributed by atoms with Gasteiger partial charge in [-0.3, -0.25) is 0 Å². The first-order valence-corrected chi connectivity index (χ1v) is 6.57. The summed E-state index contributed by atoms with van der Waals surface area (Å²) in [5, 5.41) is 0. The second-order valence-corrected chi connectivity index (χ2v) is 5.48. The molecule has 0 fully saturated rings. The van der Waals surface area contributed by atoms with Gasteiger partial charge in [-0.2, -0.15) is 0 Å². The zero-order valence-corrected chi connectivity index (χ0v) is 11.8. The Morgan fingerprint density at radius 1 is 1.44 bits per heavy atom. The van der Waals surface area contributed by atoms with Crippen LogP contribution in [0.25, 0.3) is 10.4 Å². The van der Waals surface area contributed by atoms with Gasteiger partial charge in [0.05, 0.1) is 12.8 Å². The van der Waals surface area contributed by atoms with Crippen LogP contribution in [0.2, 0.25) is 0 Å². The Bertz CT molecular complexity index is 612. The number of nitrogen functional groups attached to an aromatic ring is 1. The minimum absolute atomic E-state index is 0.287. The summed E-state index contributed by atoms with van der Waals surface area (Å²) in [6.07, 6.45) is 0. The van der Waals surface area contributed by atoms with Crippen molar-refractivity contribution in [2.24, 2.45) is 0 Å². The Morgan fingerprint density at radius 2 is 2.17 bits per heavy atom. The van der Waals surface area contributed by atoms with Crippen molar-refractivity contribution in [3.05, 3.63) is 39.4 Å². The summed E-state index contributed by atoms with van der Waals surface area (Å²) in [5.74, 6) is -0.886. The molecular weight excluding hydrogens is 321 g/mol. The molecule has 0 bridgehead atoms. The molecule has 0 amide bonds. The molecule has 6 heteroatoms. The molecule has 1 heterocycles. The highest BCUT2D eigenvalue weighted by Crippen LogP contribution is 2.35. The first kappa shape index (κ1) is 13.0. The van der Waals surface area contributed by atoms with Crippen molar-refractivity contribution in [2.75, 3.05) is 12.8 Å². The average molecular weight is 330 g/mol. The second-order valence-electron chi connectivity index (χ2n) is 3.51. The average Bonchev–Trinajstić information content (AvgIpc) is 2.70. The van der Waals surface area contributed by atoms with Crippen molar-refractivity contribution >= 4 is 38.9 Å². The van der Waals surface area contributed by atoms with E-state index in [1.165, 1.54) is 13.2 Å². The molecule has 0 aliphatic carbocycles. The van der Waals surface area contributed by atoms with E-state index in [9.17, 15) is 9.18 Å². The number of hydrogen-bond donors (Lipinski definition) is 1. The lowest BCUT2D eigenvalue weighted by Gasteiger charge is -2.00. The molecule has 3 nitrogen and oxygen atoms in total. The lowest BCUT2D eigenvalue weighted by molar-refractivity contribution is 0.0607. The van der Waals surface area contributed by atoms with Gasteiger partial charge in [0.2, 0.25) is 0 Å². The summed E-state index contributed by atoms with van der Waals surface area (Å²) >= 11 is 4.30. The maximum atomic E-state index is 13.8. The lowest BCUT2D eigenvalue weighted by atomic mass is 10.2. The molecule has 1 aromatic heterocycles. The van der Waals surface area contributed by atoms with Crippen LogP contribution in [-0.2, 0) is 4.74 Å². The monoisotopic (exact) mass is 329 g/mol. The number of carbonyl (C=O) groups is 1. The van der Waals surface area contributed by atoms with Crippen LogP contribution < -0.4 is 5.73 Å². The summed E-state index contributed by atoms with van der Waals surface area (Å²) in [7, 11) is 1.28. The Labute approximate surface area is 116 Å². The topological polar surface area (TPSA) is 52.3 Å². The van der Waals surface area contributed by atoms with Crippen molar-refractivity contribution in [2.45, 2.75) is 0 Å². The van der Waals surface area contributed by atoms with E-state index in [2.05, 4.69) is 20.7 Å². The van der Waals surface area contributed by atoms with Crippen molar-refractivity contribution in [3.8, 4) is 10.4 Å². The van der Waals surface area contributed by atoms with E-state index < -0.39 is 5.97 Å². The van der Waals surface area contributed by atoms with Gasteiger partial charge in [-0.05, 0) is 24.3 Å². The fraction of sp³-hybridized carbons (Fsp3) is 0.0833. The molecule has 2 rings (SSSR count). The van der Waals surface area contributed by atoms with Crippen LogP contribution in [0.1, 0.15) is 9.67 Å². The number of ether oxygens (including phenoxy) is 1. The fourth-order valence-electron chi connectivity index (χ4n) is 1.48. The van der Waals surface area contributed by atoms with Crippen LogP contribution in [0, 0.1) is 5.82 Å². The minimum atomic E-state index is -0.513. The number of hydrogen-bond acceptors (Lipinski definition) is 4. The maximum Gasteiger partial charge on any atom is 0.350 e. The number of nitrogens with two attached hydrogens (primary N) is 1. The van der Waals surface area contributed by atoms with Gasteiger partial charge in [0.25, 0.3) is 0 Å². The molecule has 2 N–H and O–H groups in total. The van der Waals surface area contributed by atoms with Crippen LogP contribution in [0.3, 0.4) is 0 Å². The maximum absolute atomic E-state index is 13.8.